The lowest BCUT2D eigenvalue weighted by atomic mass is 9.92. The smallest absolute Gasteiger partial charge is 0.226 e. The van der Waals surface area contributed by atoms with E-state index in [1.54, 1.807) is 6.33 Å². The molecule has 0 aliphatic carbocycles. The lowest BCUT2D eigenvalue weighted by Crippen LogP contribution is -2.31. The first-order valence-electron chi connectivity index (χ1n) is 8.12. The van der Waals surface area contributed by atoms with Crippen molar-refractivity contribution in [3.8, 4) is 5.88 Å². The zero-order valence-electron chi connectivity index (χ0n) is 12.8. The number of hydrogen-bond acceptors (Lipinski definition) is 5. The third kappa shape index (κ3) is 2.46. The van der Waals surface area contributed by atoms with Crippen LogP contribution in [-0.2, 0) is 4.74 Å². The van der Waals surface area contributed by atoms with Crippen LogP contribution in [0.25, 0.3) is 11.0 Å². The first-order chi connectivity index (χ1) is 10.8. The molecule has 2 atom stereocenters. The van der Waals surface area contributed by atoms with Gasteiger partial charge in [-0.15, -0.1) is 0 Å². The molecule has 0 saturated carbocycles. The summed E-state index contributed by atoms with van der Waals surface area (Å²) in [5.74, 6) is 1.21. The molecule has 6 nitrogen and oxygen atoms in total. The number of H-pyrrole nitrogens is 1. The third-order valence-electron chi connectivity index (χ3n) is 4.84. The summed E-state index contributed by atoms with van der Waals surface area (Å²) < 4.78 is 11.7. The molecule has 2 aromatic heterocycles. The van der Waals surface area contributed by atoms with Gasteiger partial charge in [0.25, 0.3) is 0 Å². The van der Waals surface area contributed by atoms with Crippen molar-refractivity contribution < 1.29 is 9.47 Å². The highest BCUT2D eigenvalue weighted by molar-refractivity contribution is 5.85. The molecule has 6 heteroatoms. The predicted molar refractivity (Wildman–Crippen MR) is 83.2 cm³/mol. The van der Waals surface area contributed by atoms with E-state index in [0.717, 1.165) is 50.1 Å². The second-order valence-electron chi connectivity index (χ2n) is 6.22. The van der Waals surface area contributed by atoms with Gasteiger partial charge in [-0.2, -0.15) is 0 Å². The molecule has 0 unspecified atom stereocenters. The van der Waals surface area contributed by atoms with E-state index in [-0.39, 0.29) is 6.10 Å². The normalized spacial score (nSPS) is 26.6. The van der Waals surface area contributed by atoms with E-state index in [9.17, 15) is 0 Å². The number of nitrogens with one attached hydrogen (secondary N) is 2. The van der Waals surface area contributed by atoms with Crippen molar-refractivity contribution in [3.05, 3.63) is 18.1 Å². The molecule has 2 N–H and O–H groups in total. The maximum atomic E-state index is 6.23. The monoisotopic (exact) mass is 302 g/mol. The number of aromatic nitrogens is 3. The van der Waals surface area contributed by atoms with E-state index in [2.05, 4.69) is 33.4 Å². The third-order valence-corrected chi connectivity index (χ3v) is 4.84. The molecule has 2 aromatic rings. The number of aromatic amines is 1. The van der Waals surface area contributed by atoms with Crippen LogP contribution in [0.5, 0.6) is 5.88 Å². The molecule has 0 radical (unpaired) electrons. The molecule has 4 rings (SSSR count). The molecule has 0 amide bonds. The Balaban J connectivity index is 1.69. The average molecular weight is 302 g/mol. The summed E-state index contributed by atoms with van der Waals surface area (Å²) in [5, 5.41) is 4.47. The molecule has 22 heavy (non-hydrogen) atoms. The van der Waals surface area contributed by atoms with Crippen molar-refractivity contribution in [1.29, 1.82) is 0 Å². The Morgan fingerprint density at radius 3 is 2.86 bits per heavy atom. The van der Waals surface area contributed by atoms with Crippen LogP contribution in [0.15, 0.2) is 12.5 Å². The second kappa shape index (κ2) is 5.85. The largest absolute Gasteiger partial charge is 0.472 e. The maximum absolute atomic E-state index is 6.23. The predicted octanol–water partition coefficient (Wildman–Crippen LogP) is 1.98. The van der Waals surface area contributed by atoms with E-state index in [0.29, 0.717) is 17.8 Å². The minimum atomic E-state index is 0.176. The quantitative estimate of drug-likeness (QED) is 0.907. The fraction of sp³-hybridized carbons (Fsp3) is 0.625. The van der Waals surface area contributed by atoms with Crippen LogP contribution in [0.1, 0.15) is 37.7 Å². The highest BCUT2D eigenvalue weighted by Gasteiger charge is 2.27. The Labute approximate surface area is 129 Å². The minimum absolute atomic E-state index is 0.176. The summed E-state index contributed by atoms with van der Waals surface area (Å²) in [6.07, 6.45) is 6.93. The van der Waals surface area contributed by atoms with Gasteiger partial charge in [0.15, 0.2) is 0 Å². The number of rotatable bonds is 3. The van der Waals surface area contributed by atoms with Gasteiger partial charge in [-0.25, -0.2) is 9.97 Å². The lowest BCUT2D eigenvalue weighted by Gasteiger charge is -2.22. The van der Waals surface area contributed by atoms with Gasteiger partial charge in [0.1, 0.15) is 18.1 Å². The SMILES string of the molecule is C[C@H]1NCC[C@H]1Oc1ncnc2[nH]cc(C3CCOCC3)c12. The maximum Gasteiger partial charge on any atom is 0.226 e. The fourth-order valence-electron chi connectivity index (χ4n) is 3.52. The minimum Gasteiger partial charge on any atom is -0.472 e. The van der Waals surface area contributed by atoms with Crippen LogP contribution < -0.4 is 10.1 Å². The molecule has 2 fully saturated rings. The van der Waals surface area contributed by atoms with Gasteiger partial charge < -0.3 is 19.8 Å². The highest BCUT2D eigenvalue weighted by Crippen LogP contribution is 2.36. The highest BCUT2D eigenvalue weighted by atomic mass is 16.5. The van der Waals surface area contributed by atoms with Gasteiger partial charge in [0.2, 0.25) is 5.88 Å². The molecular formula is C16H22N4O2. The number of ether oxygens (including phenoxy) is 2. The summed E-state index contributed by atoms with van der Waals surface area (Å²) in [7, 11) is 0. The van der Waals surface area contributed by atoms with E-state index in [1.165, 1.54) is 5.56 Å². The second-order valence-corrected chi connectivity index (χ2v) is 6.22. The molecule has 118 valence electrons. The van der Waals surface area contributed by atoms with E-state index >= 15 is 0 Å². The number of fused-ring (bicyclic) bond motifs is 1. The van der Waals surface area contributed by atoms with Crippen LogP contribution in [0, 0.1) is 0 Å². The molecule has 4 heterocycles. The standard InChI is InChI=1S/C16H22N4O2/c1-10-13(2-5-17-10)22-16-14-12(11-3-6-21-7-4-11)8-18-15(14)19-9-20-16/h8-11,13,17H,2-7H2,1H3,(H,18,19,20)/t10-,13-/m1/s1. The zero-order valence-corrected chi connectivity index (χ0v) is 12.8. The van der Waals surface area contributed by atoms with Crippen molar-refractivity contribution >= 4 is 11.0 Å². The van der Waals surface area contributed by atoms with Gasteiger partial charge in [0, 0.05) is 25.5 Å². The summed E-state index contributed by atoms with van der Waals surface area (Å²) in [4.78, 5) is 12.1. The summed E-state index contributed by atoms with van der Waals surface area (Å²) in [6.45, 7) is 4.81. The zero-order chi connectivity index (χ0) is 14.9. The molecule has 2 saturated heterocycles. The first-order valence-corrected chi connectivity index (χ1v) is 8.12. The van der Waals surface area contributed by atoms with Gasteiger partial charge in [-0.3, -0.25) is 0 Å². The van der Waals surface area contributed by atoms with Crippen LogP contribution in [0.2, 0.25) is 0 Å². The Morgan fingerprint density at radius 1 is 1.23 bits per heavy atom. The molecule has 0 bridgehead atoms. The van der Waals surface area contributed by atoms with Gasteiger partial charge in [-0.1, -0.05) is 0 Å². The van der Waals surface area contributed by atoms with Crippen molar-refractivity contribution in [2.75, 3.05) is 19.8 Å². The van der Waals surface area contributed by atoms with Crippen molar-refractivity contribution in [2.24, 2.45) is 0 Å². The Kier molecular flexibility index (Phi) is 3.72. The van der Waals surface area contributed by atoms with Crippen LogP contribution in [0.4, 0.5) is 0 Å². The Bertz CT molecular complexity index is 651. The topological polar surface area (TPSA) is 72.1 Å². The molecular weight excluding hydrogens is 280 g/mol. The molecule has 2 aliphatic heterocycles. The average Bonchev–Trinajstić information content (AvgIpc) is 3.16. The van der Waals surface area contributed by atoms with Crippen LogP contribution >= 0.6 is 0 Å². The molecule has 0 spiro atoms. The van der Waals surface area contributed by atoms with E-state index < -0.39 is 0 Å². The molecule has 2 aliphatic rings. The summed E-state index contributed by atoms with van der Waals surface area (Å²) in [6, 6.07) is 0.357. The fourth-order valence-corrected chi connectivity index (χ4v) is 3.52. The number of nitrogens with zero attached hydrogens (tertiary/aromatic N) is 2. The van der Waals surface area contributed by atoms with Gasteiger partial charge in [0.05, 0.1) is 5.39 Å². The van der Waals surface area contributed by atoms with Crippen LogP contribution in [0.3, 0.4) is 0 Å². The summed E-state index contributed by atoms with van der Waals surface area (Å²) in [5.41, 5.74) is 2.14. The van der Waals surface area contributed by atoms with Gasteiger partial charge >= 0.3 is 0 Å². The first kappa shape index (κ1) is 14.0. The summed E-state index contributed by atoms with van der Waals surface area (Å²) >= 11 is 0. The van der Waals surface area contributed by atoms with Crippen molar-refractivity contribution in [1.82, 2.24) is 20.3 Å². The van der Waals surface area contributed by atoms with Gasteiger partial charge in [-0.05, 0) is 44.2 Å². The van der Waals surface area contributed by atoms with Crippen molar-refractivity contribution in [3.63, 3.8) is 0 Å². The van der Waals surface area contributed by atoms with E-state index in [1.807, 2.05) is 0 Å². The Morgan fingerprint density at radius 2 is 2.09 bits per heavy atom. The van der Waals surface area contributed by atoms with Crippen LogP contribution in [-0.4, -0.2) is 46.9 Å². The molecule has 0 aromatic carbocycles. The lowest BCUT2D eigenvalue weighted by molar-refractivity contribution is 0.0855. The van der Waals surface area contributed by atoms with Crippen molar-refractivity contribution in [2.45, 2.75) is 44.2 Å². The Hall–Kier alpha value is -1.66. The number of hydrogen-bond donors (Lipinski definition) is 2. The van der Waals surface area contributed by atoms with E-state index in [4.69, 9.17) is 9.47 Å².